The lowest BCUT2D eigenvalue weighted by Gasteiger charge is -2.34. The summed E-state index contributed by atoms with van der Waals surface area (Å²) in [6.45, 7) is 8.59. The molecule has 81 heavy (non-hydrogen) atoms. The number of carbonyl (C=O) groups is 2. The minimum absolute atomic E-state index is 0.0949. The quantitative estimate of drug-likeness (QED) is 0.0419. The van der Waals surface area contributed by atoms with Crippen molar-refractivity contribution in [3.63, 3.8) is 0 Å². The lowest BCUT2D eigenvalue weighted by Crippen LogP contribution is -2.44. The largest absolute Gasteiger partial charge is 0.494 e. The zero-order valence-corrected chi connectivity index (χ0v) is 47.7. The summed E-state index contributed by atoms with van der Waals surface area (Å²) in [4.78, 5) is 77.5. The first-order valence-electron chi connectivity index (χ1n) is 26.3. The molecule has 0 aliphatic carbocycles. The SMILES string of the molecule is COc1cc(N2CCN(C)CC2)ccc1Nc1ncc2ccc(=O)n(-c3cccc(N)c3)c2n1.COc1cc(N2CCN(C)CC2)ccc1Nc1ncc2ccc(=O)n(-c3cccc(NC(=O)CCN(C)C)c3)c2n1.O=C(Cl)CCCl. The lowest BCUT2D eigenvalue weighted by molar-refractivity contribution is -0.116. The molecule has 2 saturated heterocycles. The summed E-state index contributed by atoms with van der Waals surface area (Å²) < 4.78 is 14.4. The molecule has 1 amide bonds. The van der Waals surface area contributed by atoms with Crippen LogP contribution in [0.1, 0.15) is 12.8 Å². The summed E-state index contributed by atoms with van der Waals surface area (Å²) in [5.41, 5.74) is 12.5. The molecule has 2 fully saturated rings. The average molecular weight is 1140 g/mol. The van der Waals surface area contributed by atoms with E-state index in [1.165, 1.54) is 21.3 Å². The van der Waals surface area contributed by atoms with Gasteiger partial charge in [-0.05, 0) is 113 Å². The Morgan fingerprint density at radius 2 is 1.10 bits per heavy atom. The van der Waals surface area contributed by atoms with Gasteiger partial charge in [0.25, 0.3) is 11.1 Å². The molecular formula is C58H67Cl2N15O6. The Morgan fingerprint density at radius 3 is 1.53 bits per heavy atom. The normalized spacial score (nSPS) is 13.7. The first-order chi connectivity index (χ1) is 39.1. The number of hydrogen-bond acceptors (Lipinski definition) is 18. The molecule has 5 N–H and O–H groups in total. The zero-order chi connectivity index (χ0) is 57.6. The second-order valence-corrected chi connectivity index (χ2v) is 20.4. The molecule has 0 radical (unpaired) electrons. The Bertz CT molecular complexity index is 3600. The standard InChI is InChI=1S/C30H36N8O3.C25H27N7O2.C3H4Cl2O/c1-35(2)13-12-27(39)32-22-6-5-7-24(18-22)38-28(40)11-8-21-20-31-30(34-29(21)38)33-25-10-9-23(19-26(25)41-4)37-16-14-36(3)15-17-37;1-30-10-12-31(13-11-30)19-7-8-21(22(15-19)34-2)28-25-27-16-17-6-9-23(33)32(24(17)29-25)20-5-3-4-18(26)14-20;4-2-1-3(5)6/h5-11,18-20H,12-17H2,1-4H3,(H,32,39)(H,31,33,34);3-9,14-16H,10-13,26H2,1-2H3,(H,27,28,29);1-2H2. The first kappa shape index (κ1) is 58.8. The third-order valence-electron chi connectivity index (χ3n) is 13.5. The predicted molar refractivity (Wildman–Crippen MR) is 325 cm³/mol. The highest BCUT2D eigenvalue weighted by molar-refractivity contribution is 6.63. The summed E-state index contributed by atoms with van der Waals surface area (Å²) in [6, 6.07) is 32.8. The maximum Gasteiger partial charge on any atom is 0.256 e. The molecule has 4 aromatic heterocycles. The number of methoxy groups -OCH3 is 2. The maximum atomic E-state index is 13.1. The van der Waals surface area contributed by atoms with Gasteiger partial charge in [-0.1, -0.05) is 12.1 Å². The Morgan fingerprint density at radius 1 is 0.617 bits per heavy atom. The lowest BCUT2D eigenvalue weighted by atomic mass is 10.2. The van der Waals surface area contributed by atoms with Crippen LogP contribution in [-0.2, 0) is 9.59 Å². The minimum Gasteiger partial charge on any atom is -0.494 e. The van der Waals surface area contributed by atoms with Gasteiger partial charge in [-0.3, -0.25) is 28.3 Å². The second-order valence-electron chi connectivity index (χ2n) is 19.6. The number of fused-ring (bicyclic) bond motifs is 2. The van der Waals surface area contributed by atoms with Gasteiger partial charge in [0.15, 0.2) is 11.3 Å². The Hall–Kier alpha value is -8.34. The third-order valence-corrected chi connectivity index (χ3v) is 13.8. The van der Waals surface area contributed by atoms with Crippen LogP contribution >= 0.6 is 23.2 Å². The number of piperazine rings is 2. The van der Waals surface area contributed by atoms with Crippen molar-refractivity contribution in [2.24, 2.45) is 0 Å². The van der Waals surface area contributed by atoms with Crippen LogP contribution in [0.4, 0.5) is 46.0 Å². The predicted octanol–water partition coefficient (Wildman–Crippen LogP) is 7.42. The van der Waals surface area contributed by atoms with Gasteiger partial charge >= 0.3 is 0 Å². The van der Waals surface area contributed by atoms with Crippen molar-refractivity contribution in [1.82, 2.24) is 43.8 Å². The summed E-state index contributed by atoms with van der Waals surface area (Å²) in [5.74, 6) is 2.29. The molecule has 0 bridgehead atoms. The number of likely N-dealkylation sites (N-methyl/N-ethyl adjacent to an activating group) is 2. The van der Waals surface area contributed by atoms with Gasteiger partial charge in [-0.25, -0.2) is 9.97 Å². The maximum absolute atomic E-state index is 13.1. The van der Waals surface area contributed by atoms with Crippen LogP contribution < -0.4 is 52.1 Å². The van der Waals surface area contributed by atoms with Crippen molar-refractivity contribution in [3.05, 3.63) is 142 Å². The van der Waals surface area contributed by atoms with Crippen LogP contribution in [0, 0.1) is 0 Å². The molecule has 6 heterocycles. The van der Waals surface area contributed by atoms with E-state index in [-0.39, 0.29) is 28.7 Å². The Balaban J connectivity index is 0.000000196. The number of nitrogen functional groups attached to an aromatic ring is 1. The van der Waals surface area contributed by atoms with Gasteiger partial charge in [0, 0.05) is 148 Å². The number of halogens is 2. The number of pyridine rings is 2. The van der Waals surface area contributed by atoms with E-state index in [0.717, 1.165) is 80.5 Å². The number of benzene rings is 4. The van der Waals surface area contributed by atoms with E-state index in [1.54, 1.807) is 69.1 Å². The van der Waals surface area contributed by atoms with Gasteiger partial charge in [0.2, 0.25) is 23.0 Å². The number of nitrogens with one attached hydrogen (secondary N) is 3. The molecule has 424 valence electrons. The summed E-state index contributed by atoms with van der Waals surface area (Å²) in [7, 11) is 11.4. The van der Waals surface area contributed by atoms with Crippen LogP contribution in [0.3, 0.4) is 0 Å². The molecule has 0 spiro atoms. The monoisotopic (exact) mass is 1140 g/mol. The van der Waals surface area contributed by atoms with E-state index in [2.05, 4.69) is 76.7 Å². The van der Waals surface area contributed by atoms with E-state index < -0.39 is 0 Å². The topological polar surface area (TPSA) is 226 Å². The molecule has 0 atom stereocenters. The van der Waals surface area contributed by atoms with Crippen molar-refractivity contribution >= 4 is 102 Å². The number of rotatable bonds is 16. The number of hydrogen-bond donors (Lipinski definition) is 4. The van der Waals surface area contributed by atoms with Crippen molar-refractivity contribution in [1.29, 1.82) is 0 Å². The zero-order valence-electron chi connectivity index (χ0n) is 46.2. The van der Waals surface area contributed by atoms with Gasteiger partial charge in [-0.15, -0.1) is 11.6 Å². The fourth-order valence-corrected chi connectivity index (χ4v) is 9.36. The molecule has 10 rings (SSSR count). The highest BCUT2D eigenvalue weighted by Crippen LogP contribution is 2.34. The van der Waals surface area contributed by atoms with Gasteiger partial charge in [0.1, 0.15) is 11.5 Å². The molecule has 8 aromatic rings. The molecule has 0 unspecified atom stereocenters. The van der Waals surface area contributed by atoms with Crippen molar-refractivity contribution < 1.29 is 19.1 Å². The van der Waals surface area contributed by atoms with Gasteiger partial charge in [0.05, 0.1) is 37.0 Å². The molecular weight excluding hydrogens is 1070 g/mol. The fourth-order valence-electron chi connectivity index (χ4n) is 9.00. The van der Waals surface area contributed by atoms with Crippen LogP contribution in [0.15, 0.2) is 131 Å². The number of anilines is 8. The molecule has 4 aromatic carbocycles. The van der Waals surface area contributed by atoms with Gasteiger partial charge < -0.3 is 55.7 Å². The molecule has 2 aliphatic rings. The number of ether oxygens (including phenoxy) is 2. The number of nitrogens with two attached hydrogens (primary N) is 1. The van der Waals surface area contributed by atoms with E-state index in [9.17, 15) is 19.2 Å². The van der Waals surface area contributed by atoms with Crippen molar-refractivity contribution in [2.45, 2.75) is 12.8 Å². The van der Waals surface area contributed by atoms with E-state index in [4.69, 9.17) is 43.4 Å². The first-order valence-corrected chi connectivity index (χ1v) is 27.2. The minimum atomic E-state index is -0.370. The Labute approximate surface area is 479 Å². The van der Waals surface area contributed by atoms with Crippen LogP contribution in [-0.4, -0.2) is 162 Å². The molecule has 2 aliphatic heterocycles. The number of aromatic nitrogens is 6. The van der Waals surface area contributed by atoms with Crippen LogP contribution in [0.5, 0.6) is 11.5 Å². The fraction of sp³-hybridized carbons (Fsp3) is 0.310. The molecule has 21 nitrogen and oxygen atoms in total. The number of amides is 1. The van der Waals surface area contributed by atoms with Crippen LogP contribution in [0.25, 0.3) is 33.4 Å². The molecule has 0 saturated carbocycles. The van der Waals surface area contributed by atoms with Gasteiger partial charge in [-0.2, -0.15) is 9.97 Å². The summed E-state index contributed by atoms with van der Waals surface area (Å²) >= 11 is 9.95. The van der Waals surface area contributed by atoms with E-state index in [0.29, 0.717) is 81.7 Å². The van der Waals surface area contributed by atoms with Crippen LogP contribution in [0.2, 0.25) is 0 Å². The van der Waals surface area contributed by atoms with Crippen molar-refractivity contribution in [3.8, 4) is 22.9 Å². The van der Waals surface area contributed by atoms with Crippen molar-refractivity contribution in [2.75, 3.05) is 139 Å². The number of nitrogens with zero attached hydrogens (tertiary/aromatic N) is 11. The number of alkyl halides is 1. The number of carbonyl (C=O) groups excluding carboxylic acids is 2. The third kappa shape index (κ3) is 15.5. The average Bonchev–Trinajstić information content (AvgIpc) is 3.66. The second kappa shape index (κ2) is 27.7. The van der Waals surface area contributed by atoms with E-state index >= 15 is 0 Å². The highest BCUT2D eigenvalue weighted by atomic mass is 35.5. The smallest absolute Gasteiger partial charge is 0.256 e. The Kier molecular flexibility index (Phi) is 20.1. The summed E-state index contributed by atoms with van der Waals surface area (Å²) in [6.07, 6.45) is 4.01. The molecule has 23 heteroatoms. The van der Waals surface area contributed by atoms with E-state index in [1.807, 2.05) is 61.5 Å². The summed E-state index contributed by atoms with van der Waals surface area (Å²) in [5, 5.41) is 10.5. The highest BCUT2D eigenvalue weighted by Gasteiger charge is 2.20.